The number of hydrogen-bond acceptors (Lipinski definition) is 3. The average Bonchev–Trinajstić information content (AvgIpc) is 2.42. The molecule has 1 amide bonds. The second kappa shape index (κ2) is 5.80. The average molecular weight is 233 g/mol. The van der Waals surface area contributed by atoms with Crippen LogP contribution in [-0.4, -0.2) is 44.0 Å². The van der Waals surface area contributed by atoms with Crippen molar-refractivity contribution in [3.63, 3.8) is 0 Å². The zero-order chi connectivity index (χ0) is 12.1. The molecule has 1 aliphatic heterocycles. The first kappa shape index (κ1) is 12.1. The second-order valence-electron chi connectivity index (χ2n) is 4.21. The first-order valence-corrected chi connectivity index (χ1v) is 6.04. The molecule has 2 N–H and O–H groups in total. The van der Waals surface area contributed by atoms with Gasteiger partial charge in [-0.2, -0.15) is 0 Å². The fourth-order valence-corrected chi connectivity index (χ4v) is 2.15. The van der Waals surface area contributed by atoms with Crippen molar-refractivity contribution < 1.29 is 4.79 Å². The molecular weight excluding hydrogens is 214 g/mol. The number of carbonyl (C=O) groups excluding carboxylic acids is 1. The monoisotopic (exact) mass is 233 g/mol. The summed E-state index contributed by atoms with van der Waals surface area (Å²) in [7, 11) is 1.83. The minimum absolute atomic E-state index is 0.167. The van der Waals surface area contributed by atoms with Crippen molar-refractivity contribution in [2.24, 2.45) is 0 Å². The third-order valence-corrected chi connectivity index (χ3v) is 3.10. The van der Waals surface area contributed by atoms with Gasteiger partial charge in [-0.05, 0) is 12.6 Å². The maximum Gasteiger partial charge on any atom is 0.244 e. The molecule has 0 aliphatic carbocycles. The Balaban J connectivity index is 2.10. The van der Waals surface area contributed by atoms with Gasteiger partial charge in [0.2, 0.25) is 5.91 Å². The van der Waals surface area contributed by atoms with E-state index in [4.69, 9.17) is 0 Å². The Kier molecular flexibility index (Phi) is 4.12. The topological polar surface area (TPSA) is 44.4 Å². The van der Waals surface area contributed by atoms with Gasteiger partial charge in [0.25, 0.3) is 0 Å². The Morgan fingerprint density at radius 2 is 1.94 bits per heavy atom. The molecule has 92 valence electrons. The lowest BCUT2D eigenvalue weighted by atomic mass is 10.1. The number of rotatable bonds is 3. The van der Waals surface area contributed by atoms with Crippen molar-refractivity contribution >= 4 is 5.91 Å². The summed E-state index contributed by atoms with van der Waals surface area (Å²) >= 11 is 0. The van der Waals surface area contributed by atoms with Crippen LogP contribution in [0.2, 0.25) is 0 Å². The smallest absolute Gasteiger partial charge is 0.244 e. The van der Waals surface area contributed by atoms with Crippen LogP contribution in [0.3, 0.4) is 0 Å². The highest BCUT2D eigenvalue weighted by molar-refractivity contribution is 5.83. The van der Waals surface area contributed by atoms with Gasteiger partial charge in [0.15, 0.2) is 0 Å². The summed E-state index contributed by atoms with van der Waals surface area (Å²) in [4.78, 5) is 14.3. The van der Waals surface area contributed by atoms with Crippen LogP contribution in [0.1, 0.15) is 11.6 Å². The van der Waals surface area contributed by atoms with Gasteiger partial charge < -0.3 is 15.5 Å². The first-order chi connectivity index (χ1) is 8.33. The van der Waals surface area contributed by atoms with Crippen molar-refractivity contribution in [2.45, 2.75) is 6.04 Å². The van der Waals surface area contributed by atoms with E-state index in [1.165, 1.54) is 0 Å². The minimum atomic E-state index is -0.228. The van der Waals surface area contributed by atoms with Crippen LogP contribution in [0.4, 0.5) is 0 Å². The lowest BCUT2D eigenvalue weighted by Crippen LogP contribution is -2.49. The summed E-state index contributed by atoms with van der Waals surface area (Å²) in [6.45, 7) is 3.36. The Morgan fingerprint density at radius 3 is 2.53 bits per heavy atom. The Morgan fingerprint density at radius 1 is 1.29 bits per heavy atom. The molecule has 0 saturated carbocycles. The maximum absolute atomic E-state index is 12.4. The molecule has 4 heteroatoms. The third-order valence-electron chi connectivity index (χ3n) is 3.10. The Hall–Kier alpha value is -1.39. The standard InChI is InChI=1S/C13H19N3O/c1-14-12(11-5-3-2-4-6-11)13(17)16-9-7-15-8-10-16/h2-6,12,14-15H,7-10H2,1H3. The summed E-state index contributed by atoms with van der Waals surface area (Å²) in [5.74, 6) is 0.167. The van der Waals surface area contributed by atoms with E-state index in [1.807, 2.05) is 42.3 Å². The van der Waals surface area contributed by atoms with Crippen LogP contribution >= 0.6 is 0 Å². The van der Waals surface area contributed by atoms with Crippen molar-refractivity contribution in [2.75, 3.05) is 33.2 Å². The summed E-state index contributed by atoms with van der Waals surface area (Å²) in [6, 6.07) is 9.64. The van der Waals surface area contributed by atoms with Gasteiger partial charge in [-0.15, -0.1) is 0 Å². The summed E-state index contributed by atoms with van der Waals surface area (Å²) < 4.78 is 0. The molecule has 0 bridgehead atoms. The first-order valence-electron chi connectivity index (χ1n) is 6.04. The van der Waals surface area contributed by atoms with Gasteiger partial charge in [-0.1, -0.05) is 30.3 Å². The highest BCUT2D eigenvalue weighted by atomic mass is 16.2. The molecule has 1 saturated heterocycles. The highest BCUT2D eigenvalue weighted by Crippen LogP contribution is 2.15. The predicted octanol–water partition coefficient (Wildman–Crippen LogP) is 0.379. The van der Waals surface area contributed by atoms with Gasteiger partial charge >= 0.3 is 0 Å². The van der Waals surface area contributed by atoms with Crippen LogP contribution in [0.5, 0.6) is 0 Å². The van der Waals surface area contributed by atoms with E-state index in [1.54, 1.807) is 0 Å². The van der Waals surface area contributed by atoms with E-state index >= 15 is 0 Å². The molecule has 0 spiro atoms. The fourth-order valence-electron chi connectivity index (χ4n) is 2.15. The normalized spacial score (nSPS) is 17.8. The van der Waals surface area contributed by atoms with Crippen LogP contribution < -0.4 is 10.6 Å². The van der Waals surface area contributed by atoms with Gasteiger partial charge in [0.1, 0.15) is 6.04 Å². The largest absolute Gasteiger partial charge is 0.338 e. The molecule has 1 aromatic rings. The number of benzene rings is 1. The van der Waals surface area contributed by atoms with Crippen LogP contribution in [-0.2, 0) is 4.79 Å². The SMILES string of the molecule is CNC(C(=O)N1CCNCC1)c1ccccc1. The van der Waals surface area contributed by atoms with Crippen LogP contribution in [0.15, 0.2) is 30.3 Å². The molecule has 0 radical (unpaired) electrons. The number of piperazine rings is 1. The number of nitrogens with one attached hydrogen (secondary N) is 2. The second-order valence-corrected chi connectivity index (χ2v) is 4.21. The van der Waals surface area contributed by atoms with E-state index in [2.05, 4.69) is 10.6 Å². The van der Waals surface area contributed by atoms with Crippen molar-refractivity contribution in [3.8, 4) is 0 Å². The molecule has 2 rings (SSSR count). The van der Waals surface area contributed by atoms with E-state index in [9.17, 15) is 4.79 Å². The molecule has 1 unspecified atom stereocenters. The van der Waals surface area contributed by atoms with Crippen molar-refractivity contribution in [1.29, 1.82) is 0 Å². The minimum Gasteiger partial charge on any atom is -0.338 e. The zero-order valence-corrected chi connectivity index (χ0v) is 10.1. The van der Waals surface area contributed by atoms with Gasteiger partial charge in [0.05, 0.1) is 0 Å². The molecule has 4 nitrogen and oxygen atoms in total. The summed E-state index contributed by atoms with van der Waals surface area (Å²) in [6.07, 6.45) is 0. The number of amides is 1. The summed E-state index contributed by atoms with van der Waals surface area (Å²) in [5, 5.41) is 6.36. The van der Waals surface area contributed by atoms with E-state index in [0.29, 0.717) is 0 Å². The van der Waals surface area contributed by atoms with Crippen molar-refractivity contribution in [3.05, 3.63) is 35.9 Å². The summed E-state index contributed by atoms with van der Waals surface area (Å²) in [5.41, 5.74) is 1.03. The molecular formula is C13H19N3O. The number of carbonyl (C=O) groups is 1. The molecule has 1 aliphatic rings. The molecule has 1 fully saturated rings. The molecule has 1 aromatic carbocycles. The lowest BCUT2D eigenvalue weighted by Gasteiger charge is -2.30. The molecule has 1 heterocycles. The Labute approximate surface area is 102 Å². The number of nitrogens with zero attached hydrogens (tertiary/aromatic N) is 1. The van der Waals surface area contributed by atoms with E-state index in [-0.39, 0.29) is 11.9 Å². The fraction of sp³-hybridized carbons (Fsp3) is 0.462. The quantitative estimate of drug-likeness (QED) is 0.793. The highest BCUT2D eigenvalue weighted by Gasteiger charge is 2.25. The van der Waals surface area contributed by atoms with Crippen LogP contribution in [0, 0.1) is 0 Å². The molecule has 0 aromatic heterocycles. The Bertz CT molecular complexity index is 360. The maximum atomic E-state index is 12.4. The van der Waals surface area contributed by atoms with Crippen molar-refractivity contribution in [1.82, 2.24) is 15.5 Å². The molecule has 1 atom stereocenters. The number of likely N-dealkylation sites (N-methyl/N-ethyl adjacent to an activating group) is 1. The van der Waals surface area contributed by atoms with Gasteiger partial charge in [-0.25, -0.2) is 0 Å². The van der Waals surface area contributed by atoms with Gasteiger partial charge in [-0.3, -0.25) is 4.79 Å². The number of hydrogen-bond donors (Lipinski definition) is 2. The lowest BCUT2D eigenvalue weighted by molar-refractivity contribution is -0.134. The third kappa shape index (κ3) is 2.84. The molecule has 17 heavy (non-hydrogen) atoms. The predicted molar refractivity (Wildman–Crippen MR) is 67.7 cm³/mol. The zero-order valence-electron chi connectivity index (χ0n) is 10.1. The van der Waals surface area contributed by atoms with E-state index in [0.717, 1.165) is 31.7 Å². The van der Waals surface area contributed by atoms with E-state index < -0.39 is 0 Å². The van der Waals surface area contributed by atoms with Gasteiger partial charge in [0, 0.05) is 26.2 Å². The van der Waals surface area contributed by atoms with Crippen LogP contribution in [0.25, 0.3) is 0 Å².